The quantitative estimate of drug-likeness (QED) is 0.386. The Kier molecular flexibility index (Phi) is 3.74. The Morgan fingerprint density at radius 2 is 2.50 bits per heavy atom. The average molecular weight is 180 g/mol. The first-order valence-corrected chi connectivity index (χ1v) is 4.95. The maximum atomic E-state index is 11.4. The monoisotopic (exact) mass is 180 g/mol. The van der Waals surface area contributed by atoms with Gasteiger partial charge in [-0.05, 0) is 24.3 Å². The highest BCUT2D eigenvalue weighted by Gasteiger charge is 2.03. The number of unbranched alkanes of at least 4 members (excludes halogenated alkanes) is 1. The van der Waals surface area contributed by atoms with Gasteiger partial charge in [0, 0.05) is 17.4 Å². The first kappa shape index (κ1) is 9.20. The smallest absolute Gasteiger partial charge is 0.163 e. The SMILES string of the molecule is C=CCCCC(=O)c1ccsc1. The maximum Gasteiger partial charge on any atom is 0.163 e. The fourth-order valence-electron chi connectivity index (χ4n) is 0.974. The molecule has 0 aromatic carbocycles. The predicted molar refractivity (Wildman–Crippen MR) is 52.7 cm³/mol. The van der Waals surface area contributed by atoms with E-state index in [1.165, 1.54) is 0 Å². The van der Waals surface area contributed by atoms with Crippen LogP contribution in [0.15, 0.2) is 29.5 Å². The number of Topliss-reactive ketones (excluding diaryl/α,β-unsaturated/α-hetero) is 1. The highest BCUT2D eigenvalue weighted by Crippen LogP contribution is 2.10. The number of rotatable bonds is 5. The molecule has 64 valence electrons. The van der Waals surface area contributed by atoms with Crippen molar-refractivity contribution in [2.24, 2.45) is 0 Å². The summed E-state index contributed by atoms with van der Waals surface area (Å²) in [5.41, 5.74) is 0.851. The van der Waals surface area contributed by atoms with Crippen molar-refractivity contribution in [3.63, 3.8) is 0 Å². The van der Waals surface area contributed by atoms with E-state index < -0.39 is 0 Å². The Morgan fingerprint density at radius 3 is 3.08 bits per heavy atom. The third-order valence-electron chi connectivity index (χ3n) is 1.66. The molecule has 0 bridgehead atoms. The van der Waals surface area contributed by atoms with Gasteiger partial charge >= 0.3 is 0 Å². The van der Waals surface area contributed by atoms with Crippen molar-refractivity contribution in [2.75, 3.05) is 0 Å². The van der Waals surface area contributed by atoms with Gasteiger partial charge in [-0.15, -0.1) is 6.58 Å². The lowest BCUT2D eigenvalue weighted by Gasteiger charge is -1.94. The summed E-state index contributed by atoms with van der Waals surface area (Å²) in [5.74, 6) is 0.248. The lowest BCUT2D eigenvalue weighted by molar-refractivity contribution is 0.0981. The van der Waals surface area contributed by atoms with Crippen molar-refractivity contribution in [2.45, 2.75) is 19.3 Å². The van der Waals surface area contributed by atoms with Crippen molar-refractivity contribution in [1.29, 1.82) is 0 Å². The second-order valence-corrected chi connectivity index (χ2v) is 3.40. The number of ketones is 1. The zero-order chi connectivity index (χ0) is 8.81. The molecule has 0 amide bonds. The first-order valence-electron chi connectivity index (χ1n) is 4.01. The maximum absolute atomic E-state index is 11.4. The van der Waals surface area contributed by atoms with E-state index in [-0.39, 0.29) is 5.78 Å². The average Bonchev–Trinajstić information content (AvgIpc) is 2.56. The summed E-state index contributed by atoms with van der Waals surface area (Å²) in [5, 5.41) is 3.83. The molecule has 0 aliphatic carbocycles. The second kappa shape index (κ2) is 4.88. The minimum absolute atomic E-state index is 0.248. The van der Waals surface area contributed by atoms with Gasteiger partial charge in [0.15, 0.2) is 5.78 Å². The number of carbonyl (C=O) groups excluding carboxylic acids is 1. The Morgan fingerprint density at radius 1 is 1.67 bits per heavy atom. The van der Waals surface area contributed by atoms with E-state index in [4.69, 9.17) is 0 Å². The van der Waals surface area contributed by atoms with E-state index in [1.54, 1.807) is 11.3 Å². The zero-order valence-corrected chi connectivity index (χ0v) is 7.77. The van der Waals surface area contributed by atoms with Gasteiger partial charge in [-0.1, -0.05) is 6.08 Å². The molecular weight excluding hydrogens is 168 g/mol. The van der Waals surface area contributed by atoms with Crippen molar-refractivity contribution in [3.05, 3.63) is 35.0 Å². The lowest BCUT2D eigenvalue weighted by Crippen LogP contribution is -1.95. The van der Waals surface area contributed by atoms with Gasteiger partial charge in [0.25, 0.3) is 0 Å². The van der Waals surface area contributed by atoms with Gasteiger partial charge in [0.05, 0.1) is 0 Å². The molecule has 12 heavy (non-hydrogen) atoms. The van der Waals surface area contributed by atoms with Crippen LogP contribution in [0.1, 0.15) is 29.6 Å². The topological polar surface area (TPSA) is 17.1 Å². The van der Waals surface area contributed by atoms with E-state index >= 15 is 0 Å². The number of hydrogen-bond acceptors (Lipinski definition) is 2. The summed E-state index contributed by atoms with van der Waals surface area (Å²) in [7, 11) is 0. The van der Waals surface area contributed by atoms with Gasteiger partial charge in [0.1, 0.15) is 0 Å². The van der Waals surface area contributed by atoms with Gasteiger partial charge in [-0.2, -0.15) is 11.3 Å². The molecule has 0 saturated heterocycles. The van der Waals surface area contributed by atoms with Crippen LogP contribution in [0.3, 0.4) is 0 Å². The molecule has 1 nitrogen and oxygen atoms in total. The molecule has 1 aromatic heterocycles. The molecule has 0 unspecified atom stereocenters. The molecular formula is C10H12OS. The van der Waals surface area contributed by atoms with E-state index in [9.17, 15) is 4.79 Å². The minimum Gasteiger partial charge on any atom is -0.294 e. The van der Waals surface area contributed by atoms with Gasteiger partial charge in [-0.3, -0.25) is 4.79 Å². The van der Waals surface area contributed by atoms with Crippen LogP contribution in [0.2, 0.25) is 0 Å². The molecule has 0 N–H and O–H groups in total. The number of hydrogen-bond donors (Lipinski definition) is 0. The highest BCUT2D eigenvalue weighted by molar-refractivity contribution is 7.08. The zero-order valence-electron chi connectivity index (χ0n) is 6.95. The van der Waals surface area contributed by atoms with Crippen molar-refractivity contribution in [3.8, 4) is 0 Å². The molecule has 0 fully saturated rings. The van der Waals surface area contributed by atoms with E-state index in [0.29, 0.717) is 6.42 Å². The summed E-state index contributed by atoms with van der Waals surface area (Å²) < 4.78 is 0. The third kappa shape index (κ3) is 2.62. The molecule has 1 aromatic rings. The standard InChI is InChI=1S/C10H12OS/c1-2-3-4-5-10(11)9-6-7-12-8-9/h2,6-8H,1,3-5H2. The fourth-order valence-corrected chi connectivity index (χ4v) is 1.63. The fraction of sp³-hybridized carbons (Fsp3) is 0.300. The predicted octanol–water partition coefficient (Wildman–Crippen LogP) is 3.29. The van der Waals surface area contributed by atoms with Crippen LogP contribution in [0, 0.1) is 0 Å². The Bertz CT molecular complexity index is 249. The van der Waals surface area contributed by atoms with Crippen molar-refractivity contribution >= 4 is 17.1 Å². The summed E-state index contributed by atoms with van der Waals surface area (Å²) in [4.78, 5) is 11.4. The van der Waals surface area contributed by atoms with Crippen LogP contribution < -0.4 is 0 Å². The Hall–Kier alpha value is -0.890. The molecule has 0 radical (unpaired) electrons. The largest absolute Gasteiger partial charge is 0.294 e. The van der Waals surface area contributed by atoms with Crippen LogP contribution >= 0.6 is 11.3 Å². The summed E-state index contributed by atoms with van der Waals surface area (Å²) in [6, 6.07) is 1.88. The number of carbonyl (C=O) groups is 1. The summed E-state index contributed by atoms with van der Waals surface area (Å²) in [6.45, 7) is 3.61. The van der Waals surface area contributed by atoms with Crippen LogP contribution in [-0.4, -0.2) is 5.78 Å². The van der Waals surface area contributed by atoms with Crippen molar-refractivity contribution in [1.82, 2.24) is 0 Å². The summed E-state index contributed by atoms with van der Waals surface area (Å²) in [6.07, 6.45) is 4.33. The highest BCUT2D eigenvalue weighted by atomic mass is 32.1. The van der Waals surface area contributed by atoms with Crippen LogP contribution in [0.4, 0.5) is 0 Å². The van der Waals surface area contributed by atoms with E-state index in [1.807, 2.05) is 22.9 Å². The lowest BCUT2D eigenvalue weighted by atomic mass is 10.1. The normalized spacial score (nSPS) is 9.67. The second-order valence-electron chi connectivity index (χ2n) is 2.62. The molecule has 2 heteroatoms. The molecule has 0 aliphatic heterocycles. The third-order valence-corrected chi connectivity index (χ3v) is 2.34. The van der Waals surface area contributed by atoms with Crippen LogP contribution in [0.5, 0.6) is 0 Å². The van der Waals surface area contributed by atoms with E-state index in [2.05, 4.69) is 6.58 Å². The minimum atomic E-state index is 0.248. The summed E-state index contributed by atoms with van der Waals surface area (Å²) >= 11 is 1.57. The molecule has 0 saturated carbocycles. The molecule has 1 rings (SSSR count). The van der Waals surface area contributed by atoms with Gasteiger partial charge in [-0.25, -0.2) is 0 Å². The Balaban J connectivity index is 2.34. The van der Waals surface area contributed by atoms with Crippen LogP contribution in [0.25, 0.3) is 0 Å². The molecule has 1 heterocycles. The van der Waals surface area contributed by atoms with Crippen molar-refractivity contribution < 1.29 is 4.79 Å². The van der Waals surface area contributed by atoms with Gasteiger partial charge in [0.2, 0.25) is 0 Å². The van der Waals surface area contributed by atoms with E-state index in [0.717, 1.165) is 18.4 Å². The van der Waals surface area contributed by atoms with Crippen LogP contribution in [-0.2, 0) is 0 Å². The van der Waals surface area contributed by atoms with Gasteiger partial charge < -0.3 is 0 Å². The number of allylic oxidation sites excluding steroid dienone is 1. The molecule has 0 aliphatic rings. The number of thiophene rings is 1. The molecule has 0 atom stereocenters. The molecule has 0 spiro atoms. The first-order chi connectivity index (χ1) is 5.84. The Labute approximate surface area is 76.7 Å².